The van der Waals surface area contributed by atoms with Crippen molar-refractivity contribution in [2.24, 2.45) is 5.41 Å². The molecule has 7 nitrogen and oxygen atoms in total. The van der Waals surface area contributed by atoms with Crippen molar-refractivity contribution >= 4 is 46.2 Å². The highest BCUT2D eigenvalue weighted by Gasteiger charge is 2.83. The summed E-state index contributed by atoms with van der Waals surface area (Å²) in [7, 11) is 2.83. The van der Waals surface area contributed by atoms with Crippen molar-refractivity contribution in [3.63, 3.8) is 0 Å². The standard InChI is InChI=1S/C28H23N3O4S/c1-29-24(33)27(25(34)30(2)26(29)35)22(17-8-4-3-5-9-17)20-14-36-15-31(20)28(27)19-13-7-11-16-10-6-12-18(21(16)19)23(28)32/h3-13,20,22H,14-15H2,1-2H3/t20-,22+,28-/m0/s1. The lowest BCUT2D eigenvalue weighted by Gasteiger charge is -2.50. The number of carbonyl (C=O) groups is 4. The van der Waals surface area contributed by atoms with Crippen molar-refractivity contribution in [1.29, 1.82) is 0 Å². The zero-order valence-corrected chi connectivity index (χ0v) is 20.6. The summed E-state index contributed by atoms with van der Waals surface area (Å²) in [6, 6.07) is 19.9. The smallest absolute Gasteiger partial charge is 0.292 e. The minimum absolute atomic E-state index is 0.238. The molecule has 0 N–H and O–H groups in total. The molecule has 0 unspecified atom stereocenters. The Kier molecular flexibility index (Phi) is 4.26. The maximum atomic E-state index is 14.8. The number of ketones is 1. The van der Waals surface area contributed by atoms with E-state index in [2.05, 4.69) is 4.90 Å². The monoisotopic (exact) mass is 497 g/mol. The molecule has 180 valence electrons. The summed E-state index contributed by atoms with van der Waals surface area (Å²) in [5.74, 6) is -0.888. The molecule has 0 radical (unpaired) electrons. The normalized spacial score (nSPS) is 28.8. The summed E-state index contributed by atoms with van der Waals surface area (Å²) in [4.78, 5) is 61.1. The molecule has 2 spiro atoms. The molecule has 3 atom stereocenters. The number of rotatable bonds is 1. The van der Waals surface area contributed by atoms with Crippen molar-refractivity contribution in [2.75, 3.05) is 25.7 Å². The molecule has 3 aliphatic heterocycles. The van der Waals surface area contributed by atoms with E-state index >= 15 is 0 Å². The lowest BCUT2D eigenvalue weighted by molar-refractivity contribution is -0.163. The fourth-order valence-corrected chi connectivity index (χ4v) is 8.67. The highest BCUT2D eigenvalue weighted by molar-refractivity contribution is 7.99. The Morgan fingerprint density at radius 1 is 0.833 bits per heavy atom. The third-order valence-corrected chi connectivity index (χ3v) is 9.69. The molecule has 0 saturated carbocycles. The zero-order valence-electron chi connectivity index (χ0n) is 19.8. The lowest BCUT2D eigenvalue weighted by atomic mass is 9.57. The second kappa shape index (κ2) is 7.05. The van der Waals surface area contributed by atoms with Gasteiger partial charge in [0, 0.05) is 43.2 Å². The summed E-state index contributed by atoms with van der Waals surface area (Å²) in [5.41, 5.74) is -1.36. The maximum Gasteiger partial charge on any atom is 0.332 e. The molecule has 3 fully saturated rings. The number of fused-ring (bicyclic) bond motifs is 4. The van der Waals surface area contributed by atoms with Gasteiger partial charge in [-0.2, -0.15) is 0 Å². The summed E-state index contributed by atoms with van der Waals surface area (Å²) < 4.78 is 0. The molecule has 8 heteroatoms. The second-order valence-corrected chi connectivity index (χ2v) is 11.0. The number of hydrogen-bond donors (Lipinski definition) is 0. The number of benzene rings is 3. The van der Waals surface area contributed by atoms with Crippen molar-refractivity contribution < 1.29 is 19.2 Å². The topological polar surface area (TPSA) is 78.0 Å². The first-order valence-electron chi connectivity index (χ1n) is 11.9. The SMILES string of the molecule is CN1C(=O)N(C)C(=O)C2(C1=O)[C@H](c1ccccc1)[C@@H]1CSCN1[C@@]21C(=O)c2cccc3cccc1c23. The van der Waals surface area contributed by atoms with E-state index in [1.165, 1.54) is 14.1 Å². The van der Waals surface area contributed by atoms with Crippen LogP contribution in [0.15, 0.2) is 66.7 Å². The van der Waals surface area contributed by atoms with E-state index in [4.69, 9.17) is 0 Å². The van der Waals surface area contributed by atoms with Crippen LogP contribution in [0.2, 0.25) is 0 Å². The van der Waals surface area contributed by atoms with Gasteiger partial charge in [0.1, 0.15) is 5.54 Å². The number of Topliss-reactive ketones (excluding diaryl/α,β-unsaturated/α-hetero) is 1. The number of imide groups is 2. The number of thioether (sulfide) groups is 1. The third kappa shape index (κ3) is 2.14. The number of amides is 4. The number of urea groups is 1. The van der Waals surface area contributed by atoms with Crippen molar-refractivity contribution in [2.45, 2.75) is 17.5 Å². The van der Waals surface area contributed by atoms with Crippen LogP contribution in [0.4, 0.5) is 4.79 Å². The fraction of sp³-hybridized carbons (Fsp3) is 0.286. The van der Waals surface area contributed by atoms with Gasteiger partial charge in [-0.15, -0.1) is 11.8 Å². The number of barbiturate groups is 1. The first-order valence-corrected chi connectivity index (χ1v) is 13.1. The van der Waals surface area contributed by atoms with E-state index in [-0.39, 0.29) is 11.8 Å². The first-order chi connectivity index (χ1) is 17.4. The van der Waals surface area contributed by atoms with Gasteiger partial charge >= 0.3 is 6.03 Å². The minimum atomic E-state index is -1.83. The molecule has 3 heterocycles. The Labute approximate surface area is 212 Å². The van der Waals surface area contributed by atoms with Gasteiger partial charge in [0.15, 0.2) is 11.2 Å². The van der Waals surface area contributed by atoms with Gasteiger partial charge in [-0.3, -0.25) is 29.1 Å². The zero-order chi connectivity index (χ0) is 25.0. The van der Waals surface area contributed by atoms with Crippen LogP contribution in [-0.4, -0.2) is 70.1 Å². The van der Waals surface area contributed by atoms with Crippen LogP contribution in [0, 0.1) is 5.41 Å². The van der Waals surface area contributed by atoms with Gasteiger partial charge in [0.05, 0.1) is 0 Å². The highest BCUT2D eigenvalue weighted by Crippen LogP contribution is 2.69. The molecule has 4 aliphatic rings. The van der Waals surface area contributed by atoms with Crippen LogP contribution in [0.1, 0.15) is 27.4 Å². The predicted octanol–water partition coefficient (Wildman–Crippen LogP) is 3.44. The average Bonchev–Trinajstić information content (AvgIpc) is 3.55. The maximum absolute atomic E-state index is 14.8. The summed E-state index contributed by atoms with van der Waals surface area (Å²) in [6.07, 6.45) is 0. The van der Waals surface area contributed by atoms with E-state index in [1.54, 1.807) is 17.8 Å². The molecular formula is C28H23N3O4S. The largest absolute Gasteiger partial charge is 0.332 e. The Morgan fingerprint density at radius 2 is 1.50 bits per heavy atom. The van der Waals surface area contributed by atoms with E-state index in [1.807, 2.05) is 60.7 Å². The van der Waals surface area contributed by atoms with Crippen LogP contribution in [-0.2, 0) is 15.1 Å². The van der Waals surface area contributed by atoms with E-state index in [0.29, 0.717) is 22.8 Å². The lowest BCUT2D eigenvalue weighted by Crippen LogP contribution is -2.72. The Balaban J connectivity index is 1.66. The average molecular weight is 498 g/mol. The summed E-state index contributed by atoms with van der Waals surface area (Å²) in [6.45, 7) is 0. The van der Waals surface area contributed by atoms with Crippen molar-refractivity contribution in [3.05, 3.63) is 83.4 Å². The fourth-order valence-electron chi connectivity index (χ4n) is 7.37. The summed E-state index contributed by atoms with van der Waals surface area (Å²) >= 11 is 1.70. The van der Waals surface area contributed by atoms with Crippen molar-refractivity contribution in [1.82, 2.24) is 14.7 Å². The van der Waals surface area contributed by atoms with Gasteiger partial charge in [0.2, 0.25) is 11.8 Å². The Hall–Kier alpha value is -3.49. The van der Waals surface area contributed by atoms with Crippen LogP contribution < -0.4 is 0 Å². The quantitative estimate of drug-likeness (QED) is 0.480. The second-order valence-electron chi connectivity index (χ2n) is 9.99. The molecule has 3 saturated heterocycles. The Bertz CT molecular complexity index is 1490. The molecule has 1 aliphatic carbocycles. The molecule has 3 aromatic rings. The first kappa shape index (κ1) is 21.8. The molecule has 0 aromatic heterocycles. The van der Waals surface area contributed by atoms with E-state index < -0.39 is 34.7 Å². The van der Waals surface area contributed by atoms with Crippen LogP contribution >= 0.6 is 11.8 Å². The van der Waals surface area contributed by atoms with Gasteiger partial charge in [-0.05, 0) is 21.9 Å². The van der Waals surface area contributed by atoms with Gasteiger partial charge < -0.3 is 0 Å². The van der Waals surface area contributed by atoms with Crippen LogP contribution in [0.5, 0.6) is 0 Å². The summed E-state index contributed by atoms with van der Waals surface area (Å²) in [5, 5.41) is 1.68. The third-order valence-electron chi connectivity index (χ3n) is 8.66. The van der Waals surface area contributed by atoms with Crippen LogP contribution in [0.25, 0.3) is 10.8 Å². The number of carbonyl (C=O) groups excluding carboxylic acids is 4. The van der Waals surface area contributed by atoms with Crippen LogP contribution in [0.3, 0.4) is 0 Å². The number of hydrogen-bond acceptors (Lipinski definition) is 6. The molecule has 36 heavy (non-hydrogen) atoms. The molecule has 7 rings (SSSR count). The van der Waals surface area contributed by atoms with Crippen molar-refractivity contribution in [3.8, 4) is 0 Å². The molecule has 0 bridgehead atoms. The van der Waals surface area contributed by atoms with Gasteiger partial charge in [0.25, 0.3) is 0 Å². The highest BCUT2D eigenvalue weighted by atomic mass is 32.2. The van der Waals surface area contributed by atoms with E-state index in [9.17, 15) is 19.2 Å². The molecule has 3 aromatic carbocycles. The van der Waals surface area contributed by atoms with Gasteiger partial charge in [-0.1, -0.05) is 66.7 Å². The van der Waals surface area contributed by atoms with E-state index in [0.717, 1.165) is 26.1 Å². The minimum Gasteiger partial charge on any atom is -0.292 e. The van der Waals surface area contributed by atoms with Gasteiger partial charge in [-0.25, -0.2) is 4.79 Å². The molecule has 4 amide bonds. The predicted molar refractivity (Wildman–Crippen MR) is 135 cm³/mol. The number of nitrogens with zero attached hydrogens (tertiary/aromatic N) is 3. The Morgan fingerprint density at radius 3 is 2.19 bits per heavy atom. The molecular weight excluding hydrogens is 474 g/mol.